The van der Waals surface area contributed by atoms with Crippen molar-refractivity contribution in [3.8, 4) is 0 Å². The van der Waals surface area contributed by atoms with Gasteiger partial charge in [0.2, 0.25) is 0 Å². The van der Waals surface area contributed by atoms with Crippen molar-refractivity contribution in [2.75, 3.05) is 19.1 Å². The molecular formula is C12H29NO6P2. The predicted octanol–water partition coefficient (Wildman–Crippen LogP) is 2.70. The Kier molecular flexibility index (Phi) is 11.0. The molecule has 0 atom stereocenters. The summed E-state index contributed by atoms with van der Waals surface area (Å²) in [6.45, 7) is 2.46. The maximum Gasteiger partial charge on any atom is 0.339 e. The number of unbranched alkanes of at least 4 members (excludes halogenated alkanes) is 7. The van der Waals surface area contributed by atoms with Crippen LogP contribution in [0.5, 0.6) is 0 Å². The quantitative estimate of drug-likeness (QED) is 0.299. The van der Waals surface area contributed by atoms with Crippen LogP contribution in [0.15, 0.2) is 0 Å². The summed E-state index contributed by atoms with van der Waals surface area (Å²) < 4.78 is 21.9. The zero-order valence-corrected chi connectivity index (χ0v) is 14.5. The van der Waals surface area contributed by atoms with Gasteiger partial charge >= 0.3 is 15.2 Å². The molecule has 0 rings (SSSR count). The van der Waals surface area contributed by atoms with E-state index in [1.165, 1.54) is 30.6 Å². The highest BCUT2D eigenvalue weighted by molar-refractivity contribution is 7.52. The van der Waals surface area contributed by atoms with Crippen molar-refractivity contribution in [3.05, 3.63) is 0 Å². The highest BCUT2D eigenvalue weighted by atomic mass is 31.2. The van der Waals surface area contributed by atoms with Crippen LogP contribution >= 0.6 is 15.2 Å². The van der Waals surface area contributed by atoms with E-state index in [0.717, 1.165) is 19.3 Å². The number of hydrogen-bond donors (Lipinski definition) is 4. The fourth-order valence-corrected chi connectivity index (χ4v) is 3.86. The molecule has 7 nitrogen and oxygen atoms in total. The second kappa shape index (κ2) is 10.9. The Balaban J connectivity index is 3.91. The van der Waals surface area contributed by atoms with Gasteiger partial charge in [0, 0.05) is 0 Å². The first-order valence-corrected chi connectivity index (χ1v) is 11.0. The molecule has 0 aromatic rings. The number of rotatable bonds is 13. The van der Waals surface area contributed by atoms with Crippen molar-refractivity contribution in [1.82, 2.24) is 4.90 Å². The van der Waals surface area contributed by atoms with Crippen LogP contribution in [0.2, 0.25) is 0 Å². The lowest BCUT2D eigenvalue weighted by molar-refractivity contribution is 0.273. The number of nitrogens with zero attached hydrogens (tertiary/aromatic N) is 1. The van der Waals surface area contributed by atoms with Crippen molar-refractivity contribution in [3.63, 3.8) is 0 Å². The average molecular weight is 345 g/mol. The summed E-state index contributed by atoms with van der Waals surface area (Å²) in [7, 11) is -8.60. The van der Waals surface area contributed by atoms with Gasteiger partial charge in [-0.15, -0.1) is 0 Å². The molecule has 0 radical (unpaired) electrons. The molecule has 4 N–H and O–H groups in total. The van der Waals surface area contributed by atoms with Crippen LogP contribution in [-0.4, -0.2) is 43.6 Å². The van der Waals surface area contributed by atoms with Crippen LogP contribution in [0.3, 0.4) is 0 Å². The zero-order valence-electron chi connectivity index (χ0n) is 12.7. The van der Waals surface area contributed by atoms with E-state index in [0.29, 0.717) is 13.0 Å². The second-order valence-electron chi connectivity index (χ2n) is 5.48. The molecule has 0 saturated heterocycles. The molecule has 0 aliphatic rings. The van der Waals surface area contributed by atoms with Crippen molar-refractivity contribution < 1.29 is 28.7 Å². The fourth-order valence-electron chi connectivity index (χ4n) is 2.18. The van der Waals surface area contributed by atoms with Crippen LogP contribution in [0.25, 0.3) is 0 Å². The third kappa shape index (κ3) is 16.5. The second-order valence-corrected chi connectivity index (χ2v) is 8.71. The maximum atomic E-state index is 11.0. The van der Waals surface area contributed by atoms with Gasteiger partial charge in [0.05, 0.1) is 0 Å². The molecule has 0 aliphatic heterocycles. The SMILES string of the molecule is CCCCCCCCCCN(CP(=O)(O)O)CP(=O)(O)O. The van der Waals surface area contributed by atoms with Gasteiger partial charge in [0.1, 0.15) is 12.6 Å². The van der Waals surface area contributed by atoms with E-state index >= 15 is 0 Å². The summed E-state index contributed by atoms with van der Waals surface area (Å²) in [5.41, 5.74) is 0. The minimum absolute atomic E-state index is 0.297. The third-order valence-corrected chi connectivity index (χ3v) is 4.63. The molecule has 0 spiro atoms. The molecule has 128 valence electrons. The van der Waals surface area contributed by atoms with E-state index < -0.39 is 27.8 Å². The van der Waals surface area contributed by atoms with Gasteiger partial charge < -0.3 is 19.6 Å². The van der Waals surface area contributed by atoms with Crippen LogP contribution < -0.4 is 0 Å². The lowest BCUT2D eigenvalue weighted by Gasteiger charge is -2.22. The molecule has 0 amide bonds. The molecule has 0 fully saturated rings. The van der Waals surface area contributed by atoms with Gasteiger partial charge in [0.25, 0.3) is 0 Å². The topological polar surface area (TPSA) is 118 Å². The van der Waals surface area contributed by atoms with Crippen molar-refractivity contribution >= 4 is 15.2 Å². The molecule has 9 heteroatoms. The van der Waals surface area contributed by atoms with E-state index in [1.54, 1.807) is 0 Å². The Bertz CT molecular complexity index is 330. The maximum absolute atomic E-state index is 11.0. The normalized spacial score (nSPS) is 13.0. The largest absolute Gasteiger partial charge is 0.339 e. The van der Waals surface area contributed by atoms with Crippen molar-refractivity contribution in [1.29, 1.82) is 0 Å². The molecular weight excluding hydrogens is 316 g/mol. The average Bonchev–Trinajstić information content (AvgIpc) is 2.28. The Hall–Kier alpha value is 0.260. The van der Waals surface area contributed by atoms with E-state index in [9.17, 15) is 9.13 Å². The monoisotopic (exact) mass is 345 g/mol. The highest BCUT2D eigenvalue weighted by Crippen LogP contribution is 2.40. The van der Waals surface area contributed by atoms with Crippen molar-refractivity contribution in [2.24, 2.45) is 0 Å². The van der Waals surface area contributed by atoms with Gasteiger partial charge in [-0.2, -0.15) is 0 Å². The molecule has 0 aromatic carbocycles. The van der Waals surface area contributed by atoms with Gasteiger partial charge in [-0.3, -0.25) is 14.0 Å². The Morgan fingerprint density at radius 2 is 1.10 bits per heavy atom. The standard InChI is InChI=1S/C12H29NO6P2/c1-2-3-4-5-6-7-8-9-10-13(11-20(14,15)16)12-21(17,18)19/h2-12H2,1H3,(H2,14,15,16)(H2,17,18,19). The van der Waals surface area contributed by atoms with Crippen molar-refractivity contribution in [2.45, 2.75) is 58.3 Å². The van der Waals surface area contributed by atoms with E-state index in [4.69, 9.17) is 19.6 Å². The summed E-state index contributed by atoms with van der Waals surface area (Å²) in [5, 5.41) is 0. The lowest BCUT2D eigenvalue weighted by Crippen LogP contribution is -2.27. The van der Waals surface area contributed by atoms with Crippen LogP contribution in [0, 0.1) is 0 Å². The smallest absolute Gasteiger partial charge is 0.324 e. The molecule has 0 saturated carbocycles. The van der Waals surface area contributed by atoms with E-state index in [-0.39, 0.29) is 0 Å². The molecule has 21 heavy (non-hydrogen) atoms. The van der Waals surface area contributed by atoms with Crippen LogP contribution in [-0.2, 0) is 9.13 Å². The first-order chi connectivity index (χ1) is 9.64. The van der Waals surface area contributed by atoms with E-state index in [1.807, 2.05) is 0 Å². The van der Waals surface area contributed by atoms with Gasteiger partial charge in [0.15, 0.2) is 0 Å². The Morgan fingerprint density at radius 1 is 0.714 bits per heavy atom. The third-order valence-electron chi connectivity index (χ3n) is 3.10. The summed E-state index contributed by atoms with van der Waals surface area (Å²) in [6, 6.07) is 0. The first kappa shape index (κ1) is 21.3. The summed E-state index contributed by atoms with van der Waals surface area (Å²) in [4.78, 5) is 36.9. The van der Waals surface area contributed by atoms with Gasteiger partial charge in [-0.05, 0) is 13.0 Å². The molecule has 0 heterocycles. The molecule has 0 aromatic heterocycles. The summed E-state index contributed by atoms with van der Waals surface area (Å²) >= 11 is 0. The molecule has 0 aliphatic carbocycles. The highest BCUT2D eigenvalue weighted by Gasteiger charge is 2.25. The predicted molar refractivity (Wildman–Crippen MR) is 83.1 cm³/mol. The van der Waals surface area contributed by atoms with Gasteiger partial charge in [-0.25, -0.2) is 0 Å². The fraction of sp³-hybridized carbons (Fsp3) is 1.00. The first-order valence-electron chi connectivity index (χ1n) is 7.45. The number of hydrogen-bond acceptors (Lipinski definition) is 3. The molecule has 0 unspecified atom stereocenters. The lowest BCUT2D eigenvalue weighted by atomic mass is 10.1. The Labute approximate surface area is 127 Å². The Morgan fingerprint density at radius 3 is 1.48 bits per heavy atom. The summed E-state index contributed by atoms with van der Waals surface area (Å²) in [6.07, 6.45) is 7.46. The van der Waals surface area contributed by atoms with Gasteiger partial charge in [-0.1, -0.05) is 51.9 Å². The molecule has 0 bridgehead atoms. The minimum Gasteiger partial charge on any atom is -0.324 e. The zero-order chi connectivity index (χ0) is 16.4. The van der Waals surface area contributed by atoms with E-state index in [2.05, 4.69) is 6.92 Å². The summed E-state index contributed by atoms with van der Waals surface area (Å²) in [5.74, 6) is 0. The minimum atomic E-state index is -4.30. The van der Waals surface area contributed by atoms with Crippen LogP contribution in [0.1, 0.15) is 58.3 Å². The van der Waals surface area contributed by atoms with Crippen LogP contribution in [0.4, 0.5) is 0 Å².